The Kier molecular flexibility index (Phi) is 5.83. The lowest BCUT2D eigenvalue weighted by Crippen LogP contribution is -2.42. The fourth-order valence-corrected chi connectivity index (χ4v) is 2.04. The lowest BCUT2D eigenvalue weighted by molar-refractivity contribution is -0.121. The number of rotatable bonds is 7. The van der Waals surface area contributed by atoms with Crippen molar-refractivity contribution in [2.24, 2.45) is 11.1 Å². The van der Waals surface area contributed by atoms with Crippen LogP contribution in [-0.4, -0.2) is 24.1 Å². The van der Waals surface area contributed by atoms with Gasteiger partial charge in [0.2, 0.25) is 5.91 Å². The number of phenolic OH excluding ortho intramolecular Hbond substituents is 1. The second-order valence-electron chi connectivity index (χ2n) is 4.99. The smallest absolute Gasteiger partial charge is 0.224 e. The van der Waals surface area contributed by atoms with Crippen LogP contribution < -0.4 is 11.1 Å². The zero-order chi connectivity index (χ0) is 14.3. The summed E-state index contributed by atoms with van der Waals surface area (Å²) in [6.45, 7) is 5.33. The Morgan fingerprint density at radius 3 is 2.47 bits per heavy atom. The van der Waals surface area contributed by atoms with E-state index in [0.717, 1.165) is 12.8 Å². The molecule has 0 saturated heterocycles. The zero-order valence-corrected chi connectivity index (χ0v) is 11.8. The Labute approximate surface area is 115 Å². The molecule has 0 bridgehead atoms. The van der Waals surface area contributed by atoms with E-state index in [2.05, 4.69) is 19.2 Å². The molecule has 0 heterocycles. The molecule has 0 fully saturated rings. The van der Waals surface area contributed by atoms with Crippen LogP contribution in [0.25, 0.3) is 0 Å². The minimum Gasteiger partial charge on any atom is -0.508 e. The number of para-hydroxylation sites is 1. The van der Waals surface area contributed by atoms with Crippen molar-refractivity contribution in [2.75, 3.05) is 13.1 Å². The van der Waals surface area contributed by atoms with Gasteiger partial charge in [0.05, 0.1) is 6.42 Å². The number of carbonyl (C=O) groups excluding carboxylic acids is 1. The van der Waals surface area contributed by atoms with Gasteiger partial charge in [0.1, 0.15) is 5.75 Å². The van der Waals surface area contributed by atoms with Crippen LogP contribution in [0, 0.1) is 5.41 Å². The van der Waals surface area contributed by atoms with Crippen LogP contribution in [-0.2, 0) is 11.2 Å². The zero-order valence-electron chi connectivity index (χ0n) is 11.8. The van der Waals surface area contributed by atoms with Crippen molar-refractivity contribution >= 4 is 5.91 Å². The SMILES string of the molecule is CCC(CC)(CN)CNC(=O)Cc1ccccc1O. The van der Waals surface area contributed by atoms with Gasteiger partial charge < -0.3 is 16.2 Å². The largest absolute Gasteiger partial charge is 0.508 e. The molecule has 0 aliphatic carbocycles. The summed E-state index contributed by atoms with van der Waals surface area (Å²) >= 11 is 0. The summed E-state index contributed by atoms with van der Waals surface area (Å²) < 4.78 is 0. The highest BCUT2D eigenvalue weighted by atomic mass is 16.3. The average Bonchev–Trinajstić information content (AvgIpc) is 2.44. The first-order valence-electron chi connectivity index (χ1n) is 6.80. The van der Waals surface area contributed by atoms with Gasteiger partial charge in [0, 0.05) is 12.1 Å². The van der Waals surface area contributed by atoms with Crippen LogP contribution in [0.5, 0.6) is 5.75 Å². The molecule has 19 heavy (non-hydrogen) atoms. The fourth-order valence-electron chi connectivity index (χ4n) is 2.04. The Morgan fingerprint density at radius 1 is 1.32 bits per heavy atom. The van der Waals surface area contributed by atoms with Crippen LogP contribution in [0.3, 0.4) is 0 Å². The summed E-state index contributed by atoms with van der Waals surface area (Å²) in [5.74, 6) is 0.0787. The van der Waals surface area contributed by atoms with E-state index >= 15 is 0 Å². The van der Waals surface area contributed by atoms with Crippen LogP contribution in [0.15, 0.2) is 24.3 Å². The summed E-state index contributed by atoms with van der Waals surface area (Å²) in [7, 11) is 0. The van der Waals surface area contributed by atoms with E-state index < -0.39 is 0 Å². The number of nitrogens with two attached hydrogens (primary N) is 1. The first kappa shape index (κ1) is 15.5. The van der Waals surface area contributed by atoms with E-state index in [4.69, 9.17) is 5.73 Å². The number of aromatic hydroxyl groups is 1. The Bertz CT molecular complexity index is 406. The molecule has 0 atom stereocenters. The standard InChI is InChI=1S/C15H24N2O2/c1-3-15(4-2,10-16)11-17-14(19)9-12-7-5-6-8-13(12)18/h5-8,18H,3-4,9-11,16H2,1-2H3,(H,17,19). The number of phenols is 1. The molecule has 0 spiro atoms. The molecule has 0 aromatic heterocycles. The first-order valence-corrected chi connectivity index (χ1v) is 6.80. The quantitative estimate of drug-likeness (QED) is 0.703. The van der Waals surface area contributed by atoms with Gasteiger partial charge in [-0.2, -0.15) is 0 Å². The van der Waals surface area contributed by atoms with Gasteiger partial charge in [-0.1, -0.05) is 32.0 Å². The molecule has 1 amide bonds. The molecular weight excluding hydrogens is 240 g/mol. The molecular formula is C15H24N2O2. The van der Waals surface area contributed by atoms with E-state index in [0.29, 0.717) is 18.7 Å². The van der Waals surface area contributed by atoms with Crippen molar-refractivity contribution < 1.29 is 9.90 Å². The number of hydrogen-bond donors (Lipinski definition) is 3. The average molecular weight is 264 g/mol. The second-order valence-corrected chi connectivity index (χ2v) is 4.99. The van der Waals surface area contributed by atoms with Gasteiger partial charge >= 0.3 is 0 Å². The van der Waals surface area contributed by atoms with E-state index in [1.807, 2.05) is 6.07 Å². The van der Waals surface area contributed by atoms with E-state index in [1.165, 1.54) is 0 Å². The predicted octanol–water partition coefficient (Wildman–Crippen LogP) is 1.82. The summed E-state index contributed by atoms with van der Waals surface area (Å²) in [6.07, 6.45) is 2.08. The summed E-state index contributed by atoms with van der Waals surface area (Å²) in [5, 5.41) is 12.5. The van der Waals surface area contributed by atoms with Crippen molar-refractivity contribution in [1.82, 2.24) is 5.32 Å². The molecule has 4 heteroatoms. The van der Waals surface area contributed by atoms with Crippen molar-refractivity contribution in [3.8, 4) is 5.75 Å². The van der Waals surface area contributed by atoms with E-state index in [-0.39, 0.29) is 23.5 Å². The maximum Gasteiger partial charge on any atom is 0.224 e. The molecule has 1 aromatic carbocycles. The molecule has 1 rings (SSSR count). The van der Waals surface area contributed by atoms with E-state index in [9.17, 15) is 9.90 Å². The molecule has 4 nitrogen and oxygen atoms in total. The monoisotopic (exact) mass is 264 g/mol. The maximum atomic E-state index is 11.9. The Morgan fingerprint density at radius 2 is 1.95 bits per heavy atom. The molecule has 106 valence electrons. The van der Waals surface area contributed by atoms with Gasteiger partial charge in [0.25, 0.3) is 0 Å². The number of amides is 1. The Balaban J connectivity index is 2.55. The van der Waals surface area contributed by atoms with Gasteiger partial charge in [-0.05, 0) is 30.9 Å². The van der Waals surface area contributed by atoms with Gasteiger partial charge in [-0.25, -0.2) is 0 Å². The van der Waals surface area contributed by atoms with Crippen LogP contribution in [0.2, 0.25) is 0 Å². The number of nitrogens with one attached hydrogen (secondary N) is 1. The highest BCUT2D eigenvalue weighted by Crippen LogP contribution is 2.23. The van der Waals surface area contributed by atoms with Crippen molar-refractivity contribution in [2.45, 2.75) is 33.1 Å². The second kappa shape index (κ2) is 7.14. The van der Waals surface area contributed by atoms with Crippen LogP contribution in [0.1, 0.15) is 32.3 Å². The highest BCUT2D eigenvalue weighted by Gasteiger charge is 2.24. The molecule has 0 saturated carbocycles. The fraction of sp³-hybridized carbons (Fsp3) is 0.533. The Hall–Kier alpha value is -1.55. The van der Waals surface area contributed by atoms with Crippen molar-refractivity contribution in [3.63, 3.8) is 0 Å². The third-order valence-electron chi connectivity index (χ3n) is 3.94. The summed E-state index contributed by atoms with van der Waals surface area (Å²) in [5.41, 5.74) is 6.43. The minimum atomic E-state index is -0.0822. The van der Waals surface area contributed by atoms with Crippen molar-refractivity contribution in [3.05, 3.63) is 29.8 Å². The summed E-state index contributed by atoms with van der Waals surface area (Å²) in [4.78, 5) is 11.9. The van der Waals surface area contributed by atoms with Gasteiger partial charge in [0.15, 0.2) is 0 Å². The highest BCUT2D eigenvalue weighted by molar-refractivity contribution is 5.79. The number of hydrogen-bond acceptors (Lipinski definition) is 3. The third kappa shape index (κ3) is 4.24. The van der Waals surface area contributed by atoms with Gasteiger partial charge in [-0.15, -0.1) is 0 Å². The summed E-state index contributed by atoms with van der Waals surface area (Å²) in [6, 6.07) is 6.89. The van der Waals surface area contributed by atoms with Crippen LogP contribution in [0.4, 0.5) is 0 Å². The molecule has 4 N–H and O–H groups in total. The number of benzene rings is 1. The maximum absolute atomic E-state index is 11.9. The minimum absolute atomic E-state index is 0.0195. The molecule has 0 unspecified atom stereocenters. The first-order chi connectivity index (χ1) is 9.06. The third-order valence-corrected chi connectivity index (χ3v) is 3.94. The van der Waals surface area contributed by atoms with Crippen molar-refractivity contribution in [1.29, 1.82) is 0 Å². The lowest BCUT2D eigenvalue weighted by atomic mass is 9.82. The topological polar surface area (TPSA) is 75.3 Å². The molecule has 0 aliphatic rings. The lowest BCUT2D eigenvalue weighted by Gasteiger charge is -2.30. The molecule has 0 aliphatic heterocycles. The van der Waals surface area contributed by atoms with Crippen LogP contribution >= 0.6 is 0 Å². The predicted molar refractivity (Wildman–Crippen MR) is 76.9 cm³/mol. The normalized spacial score (nSPS) is 11.3. The van der Waals surface area contributed by atoms with E-state index in [1.54, 1.807) is 18.2 Å². The molecule has 1 aromatic rings. The number of carbonyl (C=O) groups is 1. The molecule has 0 radical (unpaired) electrons. The van der Waals surface area contributed by atoms with Gasteiger partial charge in [-0.3, -0.25) is 4.79 Å².